The predicted molar refractivity (Wildman–Crippen MR) is 60.2 cm³/mol. The molecule has 2 nitrogen and oxygen atoms in total. The molecule has 0 radical (unpaired) electrons. The van der Waals surface area contributed by atoms with Crippen LogP contribution in [0.15, 0.2) is 6.08 Å². The molecule has 0 unspecified atom stereocenters. The lowest BCUT2D eigenvalue weighted by molar-refractivity contribution is 0.864. The fourth-order valence-corrected chi connectivity index (χ4v) is 1.64. The van der Waals surface area contributed by atoms with Crippen molar-refractivity contribution in [1.29, 1.82) is 0 Å². The van der Waals surface area contributed by atoms with Gasteiger partial charge in [0, 0.05) is 5.56 Å². The van der Waals surface area contributed by atoms with Gasteiger partial charge in [0.05, 0.1) is 11.4 Å². The van der Waals surface area contributed by atoms with Crippen molar-refractivity contribution in [3.05, 3.63) is 28.6 Å². The van der Waals surface area contributed by atoms with Crippen LogP contribution in [0.3, 0.4) is 0 Å². The van der Waals surface area contributed by atoms with Crippen molar-refractivity contribution in [3.63, 3.8) is 0 Å². The van der Waals surface area contributed by atoms with Crippen LogP contribution < -0.4 is 0 Å². The molecule has 0 bridgehead atoms. The van der Waals surface area contributed by atoms with Gasteiger partial charge in [0.1, 0.15) is 0 Å². The first-order valence-corrected chi connectivity index (χ1v) is 5.28. The fourth-order valence-electron chi connectivity index (χ4n) is 1.64. The van der Waals surface area contributed by atoms with Gasteiger partial charge in [0.15, 0.2) is 0 Å². The Morgan fingerprint density at radius 2 is 1.71 bits per heavy atom. The molecule has 1 aliphatic carbocycles. The summed E-state index contributed by atoms with van der Waals surface area (Å²) in [6.45, 7) is 8.05. The first kappa shape index (κ1) is 10.9. The zero-order valence-electron chi connectivity index (χ0n) is 9.46. The van der Waals surface area contributed by atoms with Crippen LogP contribution in [0.1, 0.15) is 42.8 Å². The summed E-state index contributed by atoms with van der Waals surface area (Å²) in [5.41, 5.74) is 4.80. The Balaban J connectivity index is 0.000000461. The number of aryl methyl sites for hydroxylation is 2. The van der Waals surface area contributed by atoms with Gasteiger partial charge in [-0.05, 0) is 32.3 Å². The Bertz CT molecular complexity index is 340. The van der Waals surface area contributed by atoms with Gasteiger partial charge in [0.2, 0.25) is 0 Å². The normalized spacial score (nSPS) is 12.9. The molecule has 0 N–H and O–H groups in total. The van der Waals surface area contributed by atoms with Gasteiger partial charge in [-0.25, -0.2) is 0 Å². The van der Waals surface area contributed by atoms with Crippen LogP contribution in [-0.2, 0) is 6.42 Å². The van der Waals surface area contributed by atoms with Crippen molar-refractivity contribution >= 4 is 6.08 Å². The average molecular weight is 190 g/mol. The van der Waals surface area contributed by atoms with Gasteiger partial charge in [-0.1, -0.05) is 26.0 Å². The van der Waals surface area contributed by atoms with Gasteiger partial charge in [-0.15, -0.1) is 0 Å². The molecule has 1 aromatic rings. The minimum Gasteiger partial charge on any atom is -0.155 e. The topological polar surface area (TPSA) is 25.8 Å². The van der Waals surface area contributed by atoms with Crippen LogP contribution in [0, 0.1) is 13.8 Å². The molecule has 0 aliphatic heterocycles. The lowest BCUT2D eigenvalue weighted by Crippen LogP contribution is -2.04. The molecule has 14 heavy (non-hydrogen) atoms. The third kappa shape index (κ3) is 2.00. The molecule has 0 spiro atoms. The van der Waals surface area contributed by atoms with Crippen molar-refractivity contribution in [3.8, 4) is 0 Å². The summed E-state index contributed by atoms with van der Waals surface area (Å²) in [6, 6.07) is 0. The maximum absolute atomic E-state index is 4.11. The number of fused-ring (bicyclic) bond motifs is 1. The average Bonchev–Trinajstić information content (AvgIpc) is 2.27. The molecule has 1 aromatic heterocycles. The molecule has 1 aliphatic rings. The van der Waals surface area contributed by atoms with E-state index in [1.54, 1.807) is 0 Å². The van der Waals surface area contributed by atoms with Crippen LogP contribution in [0.2, 0.25) is 0 Å². The molecule has 0 atom stereocenters. The minimum absolute atomic E-state index is 1.05. The highest BCUT2D eigenvalue weighted by molar-refractivity contribution is 5.58. The minimum atomic E-state index is 1.05. The number of aromatic nitrogens is 2. The van der Waals surface area contributed by atoms with E-state index < -0.39 is 0 Å². The second-order valence-corrected chi connectivity index (χ2v) is 3.20. The van der Waals surface area contributed by atoms with Crippen LogP contribution in [0.5, 0.6) is 0 Å². The Morgan fingerprint density at radius 3 is 2.36 bits per heavy atom. The van der Waals surface area contributed by atoms with E-state index in [1.807, 2.05) is 27.7 Å². The van der Waals surface area contributed by atoms with Crippen molar-refractivity contribution in [1.82, 2.24) is 10.2 Å². The van der Waals surface area contributed by atoms with Crippen molar-refractivity contribution < 1.29 is 0 Å². The first-order chi connectivity index (χ1) is 6.79. The molecule has 1 heterocycles. The lowest BCUT2D eigenvalue weighted by atomic mass is 9.96. The Labute approximate surface area is 86.1 Å². The number of hydrogen-bond acceptors (Lipinski definition) is 2. The molecule has 0 saturated carbocycles. The summed E-state index contributed by atoms with van der Waals surface area (Å²) in [5, 5.41) is 8.20. The summed E-state index contributed by atoms with van der Waals surface area (Å²) in [6.07, 6.45) is 6.62. The van der Waals surface area contributed by atoms with E-state index in [0.717, 1.165) is 24.2 Å². The molecule has 0 fully saturated rings. The van der Waals surface area contributed by atoms with Crippen LogP contribution in [0.4, 0.5) is 0 Å². The molecule has 0 aromatic carbocycles. The molecule has 76 valence electrons. The smallest absolute Gasteiger partial charge is 0.0675 e. The molecular formula is C12H18N2. The number of allylic oxidation sites excluding steroid dienone is 1. The van der Waals surface area contributed by atoms with Gasteiger partial charge >= 0.3 is 0 Å². The molecular weight excluding hydrogens is 172 g/mol. The highest BCUT2D eigenvalue weighted by Gasteiger charge is 2.10. The van der Waals surface area contributed by atoms with E-state index in [-0.39, 0.29) is 0 Å². The van der Waals surface area contributed by atoms with Crippen LogP contribution >= 0.6 is 0 Å². The molecule has 0 saturated heterocycles. The summed E-state index contributed by atoms with van der Waals surface area (Å²) in [5.74, 6) is 0. The van der Waals surface area contributed by atoms with Crippen molar-refractivity contribution in [2.75, 3.05) is 0 Å². The SMILES string of the molecule is CC.Cc1nnc(C)c2c1C=CCC2. The largest absolute Gasteiger partial charge is 0.155 e. The Morgan fingerprint density at radius 1 is 1.07 bits per heavy atom. The summed E-state index contributed by atoms with van der Waals surface area (Å²) in [7, 11) is 0. The Hall–Kier alpha value is -1.18. The second kappa shape index (κ2) is 4.89. The first-order valence-electron chi connectivity index (χ1n) is 5.28. The summed E-state index contributed by atoms with van der Waals surface area (Å²) >= 11 is 0. The van der Waals surface area contributed by atoms with Gasteiger partial charge in [-0.2, -0.15) is 10.2 Å². The predicted octanol–water partition coefficient (Wildman–Crippen LogP) is 3.08. The van der Waals surface area contributed by atoms with Crippen molar-refractivity contribution in [2.24, 2.45) is 0 Å². The van der Waals surface area contributed by atoms with Gasteiger partial charge in [-0.3, -0.25) is 0 Å². The van der Waals surface area contributed by atoms with E-state index in [9.17, 15) is 0 Å². The van der Waals surface area contributed by atoms with Crippen molar-refractivity contribution in [2.45, 2.75) is 40.5 Å². The maximum atomic E-state index is 4.11. The van der Waals surface area contributed by atoms with E-state index in [1.165, 1.54) is 11.1 Å². The highest BCUT2D eigenvalue weighted by atomic mass is 15.1. The van der Waals surface area contributed by atoms with E-state index in [0.29, 0.717) is 0 Å². The fraction of sp³-hybridized carbons (Fsp3) is 0.500. The van der Waals surface area contributed by atoms with Gasteiger partial charge < -0.3 is 0 Å². The molecule has 2 heteroatoms. The van der Waals surface area contributed by atoms with Gasteiger partial charge in [0.25, 0.3) is 0 Å². The quantitative estimate of drug-likeness (QED) is 0.628. The maximum Gasteiger partial charge on any atom is 0.0675 e. The van der Waals surface area contributed by atoms with E-state index >= 15 is 0 Å². The zero-order chi connectivity index (χ0) is 10.6. The summed E-state index contributed by atoms with van der Waals surface area (Å²) in [4.78, 5) is 0. The number of nitrogens with zero attached hydrogens (tertiary/aromatic N) is 2. The van der Waals surface area contributed by atoms with E-state index in [4.69, 9.17) is 0 Å². The summed E-state index contributed by atoms with van der Waals surface area (Å²) < 4.78 is 0. The van der Waals surface area contributed by atoms with Crippen LogP contribution in [0.25, 0.3) is 6.08 Å². The zero-order valence-corrected chi connectivity index (χ0v) is 9.46. The van der Waals surface area contributed by atoms with E-state index in [2.05, 4.69) is 22.3 Å². The lowest BCUT2D eigenvalue weighted by Gasteiger charge is -2.13. The Kier molecular flexibility index (Phi) is 3.81. The van der Waals surface area contributed by atoms with Crippen LogP contribution in [-0.4, -0.2) is 10.2 Å². The number of hydrogen-bond donors (Lipinski definition) is 0. The third-order valence-electron chi connectivity index (χ3n) is 2.35. The highest BCUT2D eigenvalue weighted by Crippen LogP contribution is 2.22. The third-order valence-corrected chi connectivity index (χ3v) is 2.35. The molecule has 2 rings (SSSR count). The second-order valence-electron chi connectivity index (χ2n) is 3.20. The monoisotopic (exact) mass is 190 g/mol. The standard InChI is InChI=1S/C10H12N2.C2H6/c1-7-9-5-3-4-6-10(9)8(2)12-11-7;1-2/h3,5H,4,6H2,1-2H3;1-2H3. The molecule has 0 amide bonds. The number of rotatable bonds is 0.